The number of hydrogen-bond donors (Lipinski definition) is 4. The third-order valence-corrected chi connectivity index (χ3v) is 7.33. The topological polar surface area (TPSA) is 141 Å². The van der Waals surface area contributed by atoms with Crippen molar-refractivity contribution < 1.29 is 9.59 Å². The Bertz CT molecular complexity index is 1380. The Labute approximate surface area is 234 Å². The second kappa shape index (κ2) is 12.3. The van der Waals surface area contributed by atoms with Gasteiger partial charge in [0.05, 0.1) is 6.04 Å². The van der Waals surface area contributed by atoms with Crippen molar-refractivity contribution in [3.05, 3.63) is 54.4 Å². The third-order valence-electron chi connectivity index (χ3n) is 7.33. The van der Waals surface area contributed by atoms with E-state index in [1.165, 1.54) is 0 Å². The average molecular weight is 544 g/mol. The smallest absolute Gasteiger partial charge is 0.324 e. The van der Waals surface area contributed by atoms with E-state index < -0.39 is 6.04 Å². The maximum atomic E-state index is 12.6. The molecule has 3 amide bonds. The number of fused-ring (bicyclic) bond motifs is 1. The Hall–Kier alpha value is -4.25. The van der Waals surface area contributed by atoms with Crippen LogP contribution < -0.4 is 26.6 Å². The van der Waals surface area contributed by atoms with Crippen LogP contribution in [0.5, 0.6) is 0 Å². The van der Waals surface area contributed by atoms with Crippen LogP contribution in [0.3, 0.4) is 0 Å². The van der Waals surface area contributed by atoms with E-state index in [0.29, 0.717) is 30.5 Å². The van der Waals surface area contributed by atoms with Crippen molar-refractivity contribution in [2.24, 2.45) is 11.7 Å². The Kier molecular flexibility index (Phi) is 8.40. The summed E-state index contributed by atoms with van der Waals surface area (Å²) >= 11 is 0. The van der Waals surface area contributed by atoms with Gasteiger partial charge < -0.3 is 26.2 Å². The van der Waals surface area contributed by atoms with Crippen LogP contribution in [0.1, 0.15) is 39.5 Å². The Morgan fingerprint density at radius 3 is 2.42 bits per heavy atom. The molecule has 11 nitrogen and oxygen atoms in total. The van der Waals surface area contributed by atoms with Gasteiger partial charge in [0.1, 0.15) is 5.82 Å². The lowest BCUT2D eigenvalue weighted by atomic mass is 10.0. The highest BCUT2D eigenvalue weighted by atomic mass is 16.2. The zero-order valence-corrected chi connectivity index (χ0v) is 23.1. The van der Waals surface area contributed by atoms with E-state index in [1.807, 2.05) is 49.1 Å². The van der Waals surface area contributed by atoms with Crippen LogP contribution >= 0.6 is 0 Å². The monoisotopic (exact) mass is 543 g/mol. The van der Waals surface area contributed by atoms with Crippen molar-refractivity contribution in [3.8, 4) is 0 Å². The molecule has 3 heterocycles. The highest BCUT2D eigenvalue weighted by Gasteiger charge is 2.27. The minimum atomic E-state index is -0.448. The summed E-state index contributed by atoms with van der Waals surface area (Å²) in [6.07, 6.45) is 7.90. The number of allylic oxidation sites excluding steroid dienone is 2. The van der Waals surface area contributed by atoms with E-state index in [0.717, 1.165) is 61.2 Å². The molecule has 1 fully saturated rings. The zero-order chi connectivity index (χ0) is 28.1. The predicted molar refractivity (Wildman–Crippen MR) is 157 cm³/mol. The quantitative estimate of drug-likeness (QED) is 0.351. The van der Waals surface area contributed by atoms with Crippen LogP contribution in [-0.2, 0) is 4.79 Å². The van der Waals surface area contributed by atoms with Gasteiger partial charge in [0.25, 0.3) is 0 Å². The van der Waals surface area contributed by atoms with E-state index in [1.54, 1.807) is 12.3 Å². The van der Waals surface area contributed by atoms with Gasteiger partial charge in [0, 0.05) is 54.8 Å². The van der Waals surface area contributed by atoms with Crippen molar-refractivity contribution in [2.75, 3.05) is 41.7 Å². The Morgan fingerprint density at radius 2 is 1.73 bits per heavy atom. The first-order valence-electron chi connectivity index (χ1n) is 13.9. The largest absolute Gasteiger partial charge is 0.368 e. The lowest BCUT2D eigenvalue weighted by Gasteiger charge is -2.37. The maximum absolute atomic E-state index is 12.6. The van der Waals surface area contributed by atoms with Crippen LogP contribution in [0.15, 0.2) is 54.4 Å². The second-order valence-corrected chi connectivity index (χ2v) is 10.6. The molecular weight excluding hydrogens is 506 g/mol. The summed E-state index contributed by atoms with van der Waals surface area (Å²) in [5.41, 5.74) is 9.42. The number of carbonyl (C=O) groups excluding carboxylic acids is 2. The molecule has 0 bridgehead atoms. The molecule has 1 saturated heterocycles. The van der Waals surface area contributed by atoms with Crippen molar-refractivity contribution in [2.45, 2.75) is 45.6 Å². The van der Waals surface area contributed by atoms with Gasteiger partial charge in [-0.2, -0.15) is 4.98 Å². The fraction of sp³-hybridized carbons (Fsp3) is 0.414. The molecule has 1 unspecified atom stereocenters. The van der Waals surface area contributed by atoms with Crippen LogP contribution in [-0.4, -0.2) is 64.0 Å². The molecular formula is C29H37N9O2. The Morgan fingerprint density at radius 1 is 0.950 bits per heavy atom. The van der Waals surface area contributed by atoms with E-state index >= 15 is 0 Å². The summed E-state index contributed by atoms with van der Waals surface area (Å²) in [6.45, 7) is 6.78. The average Bonchev–Trinajstić information content (AvgIpc) is 2.97. The summed E-state index contributed by atoms with van der Waals surface area (Å²) in [7, 11) is 0. The molecule has 5 N–H and O–H groups in total. The first kappa shape index (κ1) is 27.3. The highest BCUT2D eigenvalue weighted by Crippen LogP contribution is 2.23. The molecule has 2 aliphatic rings. The molecule has 11 heteroatoms. The normalized spacial score (nSPS) is 16.4. The summed E-state index contributed by atoms with van der Waals surface area (Å²) in [4.78, 5) is 42.5. The number of pyridine rings is 1. The number of anilines is 4. The second-order valence-electron chi connectivity index (χ2n) is 10.6. The summed E-state index contributed by atoms with van der Waals surface area (Å²) in [6, 6.07) is 10.9. The number of nitrogens with zero attached hydrogens (tertiary/aromatic N) is 5. The summed E-state index contributed by atoms with van der Waals surface area (Å²) in [5.74, 6) is 0.989. The molecule has 0 radical (unpaired) electrons. The van der Waals surface area contributed by atoms with Crippen molar-refractivity contribution in [1.82, 2.24) is 25.2 Å². The minimum Gasteiger partial charge on any atom is -0.368 e. The van der Waals surface area contributed by atoms with E-state index in [4.69, 9.17) is 5.73 Å². The number of benzene rings is 1. The molecule has 210 valence electrons. The molecule has 2 aromatic heterocycles. The number of rotatable bonds is 7. The number of hydrogen-bond acceptors (Lipinski definition) is 8. The molecule has 1 aliphatic heterocycles. The van der Waals surface area contributed by atoms with E-state index in [9.17, 15) is 9.59 Å². The summed E-state index contributed by atoms with van der Waals surface area (Å²) < 4.78 is 0. The minimum absolute atomic E-state index is 0.0299. The van der Waals surface area contributed by atoms with Crippen LogP contribution in [0.25, 0.3) is 11.0 Å². The lowest BCUT2D eigenvalue weighted by Crippen LogP contribution is -2.54. The fourth-order valence-electron chi connectivity index (χ4n) is 4.85. The molecule has 0 saturated carbocycles. The van der Waals surface area contributed by atoms with Crippen molar-refractivity contribution in [1.29, 1.82) is 0 Å². The number of aromatic nitrogens is 3. The molecule has 0 spiro atoms. The Balaban J connectivity index is 1.18. The van der Waals surface area contributed by atoms with E-state index in [-0.39, 0.29) is 17.9 Å². The number of amides is 3. The van der Waals surface area contributed by atoms with Gasteiger partial charge >= 0.3 is 6.03 Å². The van der Waals surface area contributed by atoms with E-state index in [2.05, 4.69) is 41.9 Å². The van der Waals surface area contributed by atoms with Gasteiger partial charge in [0.15, 0.2) is 5.65 Å². The van der Waals surface area contributed by atoms with Gasteiger partial charge in [0.2, 0.25) is 11.9 Å². The van der Waals surface area contributed by atoms with Gasteiger partial charge in [-0.3, -0.25) is 10.1 Å². The first-order chi connectivity index (χ1) is 19.4. The first-order valence-corrected chi connectivity index (χ1v) is 13.9. The molecule has 40 heavy (non-hydrogen) atoms. The number of urea groups is 1. The molecule has 1 atom stereocenters. The highest BCUT2D eigenvalue weighted by molar-refractivity contribution is 5.90. The molecule has 1 aromatic carbocycles. The summed E-state index contributed by atoms with van der Waals surface area (Å²) in [5, 5.41) is 9.70. The lowest BCUT2D eigenvalue weighted by molar-refractivity contribution is -0.133. The number of piperazine rings is 1. The number of nitrogens with one attached hydrogen (secondary N) is 3. The van der Waals surface area contributed by atoms with Gasteiger partial charge in [-0.05, 0) is 68.0 Å². The van der Waals surface area contributed by atoms with Crippen LogP contribution in [0.2, 0.25) is 0 Å². The van der Waals surface area contributed by atoms with Gasteiger partial charge in [-0.25, -0.2) is 14.8 Å². The fourth-order valence-corrected chi connectivity index (χ4v) is 4.85. The van der Waals surface area contributed by atoms with Crippen molar-refractivity contribution in [3.63, 3.8) is 0 Å². The van der Waals surface area contributed by atoms with Gasteiger partial charge in [-0.15, -0.1) is 0 Å². The van der Waals surface area contributed by atoms with Crippen LogP contribution in [0.4, 0.5) is 27.9 Å². The number of carbonyl (C=O) groups is 2. The third kappa shape index (κ3) is 6.66. The van der Waals surface area contributed by atoms with Gasteiger partial charge in [-0.1, -0.05) is 19.9 Å². The maximum Gasteiger partial charge on any atom is 0.324 e. The number of nitrogens with two attached hydrogens (primary N) is 1. The molecule has 1 aliphatic carbocycles. The SMILES string of the molecule is CC(C)C(N)C(=O)N1CCN(c2ccc(Nc3ncc4ccc(NC(=O)NC5=CCCCC5)nc4n3)cc2)CC1. The molecule has 5 rings (SSSR count). The standard InChI is InChI=1S/C29H37N9O2/c1-19(2)25(30)27(39)38-16-14-37(15-17-38)23-11-9-22(10-12-23)32-28-31-18-20-8-13-24(34-26(20)36-28)35-29(40)33-21-6-4-3-5-7-21/h6,8-13,18-19,25H,3-5,7,14-17,30H2,1-2H3,(H3,31,32,33,34,35,36,40). The van der Waals surface area contributed by atoms with Crippen LogP contribution in [0, 0.1) is 5.92 Å². The molecule has 3 aromatic rings. The van der Waals surface area contributed by atoms with Crippen molar-refractivity contribution >= 4 is 46.1 Å². The predicted octanol–water partition coefficient (Wildman–Crippen LogP) is 3.98. The zero-order valence-electron chi connectivity index (χ0n) is 23.1.